The van der Waals surface area contributed by atoms with Gasteiger partial charge in [-0.2, -0.15) is 0 Å². The monoisotopic (exact) mass is 347 g/mol. The van der Waals surface area contributed by atoms with Crippen molar-refractivity contribution in [2.75, 3.05) is 6.61 Å². The first kappa shape index (κ1) is 16.3. The van der Waals surface area contributed by atoms with Crippen molar-refractivity contribution in [3.63, 3.8) is 0 Å². The zero-order chi connectivity index (χ0) is 16.7. The van der Waals surface area contributed by atoms with Crippen LogP contribution in [0, 0.1) is 23.2 Å². The van der Waals surface area contributed by atoms with E-state index in [1.54, 1.807) is 24.3 Å². The zero-order valence-electron chi connectivity index (χ0n) is 14.3. The maximum Gasteiger partial charge on any atom is 0.258 e. The third-order valence-electron chi connectivity index (χ3n) is 6.57. The predicted molar refractivity (Wildman–Crippen MR) is 95.2 cm³/mol. The molecule has 1 aromatic carbocycles. The van der Waals surface area contributed by atoms with E-state index in [1.165, 1.54) is 38.5 Å². The first-order chi connectivity index (χ1) is 11.5. The van der Waals surface area contributed by atoms with Crippen molar-refractivity contribution in [3.8, 4) is 5.75 Å². The van der Waals surface area contributed by atoms with Crippen LogP contribution in [-0.4, -0.2) is 18.6 Å². The van der Waals surface area contributed by atoms with Crippen LogP contribution in [-0.2, 0) is 4.79 Å². The molecule has 4 bridgehead atoms. The van der Waals surface area contributed by atoms with E-state index in [0.29, 0.717) is 16.2 Å². The van der Waals surface area contributed by atoms with Crippen molar-refractivity contribution < 1.29 is 9.53 Å². The molecule has 3 nitrogen and oxygen atoms in total. The van der Waals surface area contributed by atoms with E-state index < -0.39 is 0 Å². The van der Waals surface area contributed by atoms with Gasteiger partial charge in [0.15, 0.2) is 6.61 Å². The molecule has 4 saturated carbocycles. The maximum atomic E-state index is 12.3. The van der Waals surface area contributed by atoms with Gasteiger partial charge in [0.25, 0.3) is 5.91 Å². The smallest absolute Gasteiger partial charge is 0.258 e. The normalized spacial score (nSPS) is 34.8. The first-order valence-electron chi connectivity index (χ1n) is 9.20. The number of carbonyl (C=O) groups excluding carboxylic acids is 1. The highest BCUT2D eigenvalue weighted by Gasteiger charge is 2.53. The van der Waals surface area contributed by atoms with Crippen LogP contribution >= 0.6 is 11.6 Å². The standard InChI is InChI=1S/C20H26ClNO2/c1-13(20-9-14-6-15(10-20)8-16(7-14)11-20)22-19(23)12-24-18-4-2-17(21)3-5-18/h2-5,13-16H,6-12H2,1H3,(H,22,23)/t13-,14?,15?,16?,20?/m0/s1. The number of halogens is 1. The van der Waals surface area contributed by atoms with Crippen LogP contribution in [0.3, 0.4) is 0 Å². The molecule has 4 aliphatic rings. The highest BCUT2D eigenvalue weighted by molar-refractivity contribution is 6.30. The number of hydrogen-bond donors (Lipinski definition) is 1. The topological polar surface area (TPSA) is 38.3 Å². The highest BCUT2D eigenvalue weighted by Crippen LogP contribution is 2.61. The Bertz CT molecular complexity index is 577. The van der Waals surface area contributed by atoms with Crippen LogP contribution in [0.5, 0.6) is 5.75 Å². The Morgan fingerprint density at radius 3 is 2.25 bits per heavy atom. The fourth-order valence-corrected chi connectivity index (χ4v) is 5.95. The molecule has 0 heterocycles. The summed E-state index contributed by atoms with van der Waals surface area (Å²) in [4.78, 5) is 12.3. The Labute approximate surface area is 149 Å². The SMILES string of the molecule is C[C@H](NC(=O)COc1ccc(Cl)cc1)C12CC3CC(CC(C3)C1)C2. The van der Waals surface area contributed by atoms with Gasteiger partial charge in [0.1, 0.15) is 5.75 Å². The van der Waals surface area contributed by atoms with Crippen molar-refractivity contribution in [2.45, 2.75) is 51.5 Å². The van der Waals surface area contributed by atoms with E-state index >= 15 is 0 Å². The lowest BCUT2D eigenvalue weighted by atomic mass is 9.48. The highest BCUT2D eigenvalue weighted by atomic mass is 35.5. The Kier molecular flexibility index (Phi) is 4.24. The van der Waals surface area contributed by atoms with E-state index in [1.807, 2.05) is 0 Å². The molecule has 0 aromatic heterocycles. The Morgan fingerprint density at radius 1 is 1.17 bits per heavy atom. The molecule has 0 unspecified atom stereocenters. The van der Waals surface area contributed by atoms with Gasteiger partial charge in [-0.1, -0.05) is 11.6 Å². The molecule has 4 fully saturated rings. The zero-order valence-corrected chi connectivity index (χ0v) is 15.0. The molecule has 1 amide bonds. The quantitative estimate of drug-likeness (QED) is 0.855. The summed E-state index contributed by atoms with van der Waals surface area (Å²) in [5.74, 6) is 3.37. The van der Waals surface area contributed by atoms with Crippen LogP contribution < -0.4 is 10.1 Å². The number of benzene rings is 1. The molecule has 0 radical (unpaired) electrons. The summed E-state index contributed by atoms with van der Waals surface area (Å²) in [5, 5.41) is 3.90. The molecule has 1 N–H and O–H groups in total. The third kappa shape index (κ3) is 3.15. The molecule has 4 heteroatoms. The predicted octanol–water partition coefficient (Wildman–Crippen LogP) is 4.44. The second kappa shape index (κ2) is 6.25. The third-order valence-corrected chi connectivity index (χ3v) is 6.82. The molecule has 4 aliphatic carbocycles. The minimum atomic E-state index is -0.0202. The molecule has 0 spiro atoms. The number of rotatable bonds is 5. The van der Waals surface area contributed by atoms with Gasteiger partial charge in [-0.3, -0.25) is 4.79 Å². The number of carbonyl (C=O) groups is 1. The van der Waals surface area contributed by atoms with Gasteiger partial charge >= 0.3 is 0 Å². The van der Waals surface area contributed by atoms with Crippen molar-refractivity contribution in [3.05, 3.63) is 29.3 Å². The van der Waals surface area contributed by atoms with Gasteiger partial charge in [-0.05, 0) is 92.9 Å². The fraction of sp³-hybridized carbons (Fsp3) is 0.650. The maximum absolute atomic E-state index is 12.3. The molecule has 130 valence electrons. The average molecular weight is 348 g/mol. The van der Waals surface area contributed by atoms with E-state index in [-0.39, 0.29) is 18.6 Å². The van der Waals surface area contributed by atoms with Gasteiger partial charge in [-0.25, -0.2) is 0 Å². The average Bonchev–Trinajstić information content (AvgIpc) is 2.53. The summed E-state index contributed by atoms with van der Waals surface area (Å²) in [5.41, 5.74) is 0.338. The molecule has 0 aliphatic heterocycles. The van der Waals surface area contributed by atoms with Crippen LogP contribution in [0.25, 0.3) is 0 Å². The molecule has 5 rings (SSSR count). The van der Waals surface area contributed by atoms with Crippen molar-refractivity contribution in [1.82, 2.24) is 5.32 Å². The summed E-state index contributed by atoms with van der Waals surface area (Å²) in [6.07, 6.45) is 8.20. The molecule has 1 atom stereocenters. The Hall–Kier alpha value is -1.22. The minimum Gasteiger partial charge on any atom is -0.484 e. The van der Waals surface area contributed by atoms with Crippen molar-refractivity contribution >= 4 is 17.5 Å². The van der Waals surface area contributed by atoms with Crippen molar-refractivity contribution in [1.29, 1.82) is 0 Å². The number of ether oxygens (including phenoxy) is 1. The van der Waals surface area contributed by atoms with Gasteiger partial charge < -0.3 is 10.1 Å². The molecule has 0 saturated heterocycles. The van der Waals surface area contributed by atoms with Crippen LogP contribution in [0.4, 0.5) is 0 Å². The van der Waals surface area contributed by atoms with Crippen LogP contribution in [0.2, 0.25) is 5.02 Å². The summed E-state index contributed by atoms with van der Waals surface area (Å²) in [6.45, 7) is 2.27. The summed E-state index contributed by atoms with van der Waals surface area (Å²) >= 11 is 5.86. The van der Waals surface area contributed by atoms with E-state index in [0.717, 1.165) is 17.8 Å². The Balaban J connectivity index is 1.33. The molecule has 24 heavy (non-hydrogen) atoms. The minimum absolute atomic E-state index is 0.0202. The number of amides is 1. The first-order valence-corrected chi connectivity index (χ1v) is 9.58. The lowest BCUT2D eigenvalue weighted by Crippen LogP contribution is -2.56. The lowest BCUT2D eigenvalue weighted by molar-refractivity contribution is -0.127. The van der Waals surface area contributed by atoms with Crippen LogP contribution in [0.15, 0.2) is 24.3 Å². The Morgan fingerprint density at radius 2 is 1.71 bits per heavy atom. The van der Waals surface area contributed by atoms with Gasteiger partial charge in [0.05, 0.1) is 0 Å². The summed E-state index contributed by atoms with van der Waals surface area (Å²) in [7, 11) is 0. The summed E-state index contributed by atoms with van der Waals surface area (Å²) < 4.78 is 5.57. The van der Waals surface area contributed by atoms with Gasteiger partial charge in [0.2, 0.25) is 0 Å². The summed E-state index contributed by atoms with van der Waals surface area (Å²) in [6, 6.07) is 7.36. The van der Waals surface area contributed by atoms with Gasteiger partial charge in [-0.15, -0.1) is 0 Å². The second-order valence-corrected chi connectivity index (χ2v) is 8.75. The number of nitrogens with one attached hydrogen (secondary N) is 1. The second-order valence-electron chi connectivity index (χ2n) is 8.31. The number of hydrogen-bond acceptors (Lipinski definition) is 2. The molecular formula is C20H26ClNO2. The lowest BCUT2D eigenvalue weighted by Gasteiger charge is -2.59. The van der Waals surface area contributed by atoms with E-state index in [2.05, 4.69) is 12.2 Å². The fourth-order valence-electron chi connectivity index (χ4n) is 5.82. The van der Waals surface area contributed by atoms with Crippen LogP contribution in [0.1, 0.15) is 45.4 Å². The molecule has 1 aromatic rings. The van der Waals surface area contributed by atoms with E-state index in [4.69, 9.17) is 16.3 Å². The van der Waals surface area contributed by atoms with Crippen molar-refractivity contribution in [2.24, 2.45) is 23.2 Å². The van der Waals surface area contributed by atoms with E-state index in [9.17, 15) is 4.79 Å². The largest absolute Gasteiger partial charge is 0.484 e. The van der Waals surface area contributed by atoms with Gasteiger partial charge in [0, 0.05) is 11.1 Å². The molecular weight excluding hydrogens is 322 g/mol.